The number of pyridine rings is 1. The standard InChI is InChI=1S/C20H29N3O2/c24-20(22-10-6-15-4-8-21-9-5-15)18-12-17-7-11-23(14-19(17)25-18)13-16-2-1-3-16/h4-5,8-9,16-19H,1-3,6-7,10-14H2,(H,22,24)/t17-,18+,19+/m0/s1. The molecule has 1 N–H and O–H groups in total. The molecule has 1 saturated carbocycles. The third kappa shape index (κ3) is 4.21. The molecule has 5 nitrogen and oxygen atoms in total. The Bertz CT molecular complexity index is 576. The fourth-order valence-electron chi connectivity index (χ4n) is 4.36. The number of amides is 1. The molecule has 1 amide bonds. The van der Waals surface area contributed by atoms with Gasteiger partial charge in [0.1, 0.15) is 6.10 Å². The number of likely N-dealkylation sites (tertiary alicyclic amines) is 1. The summed E-state index contributed by atoms with van der Waals surface area (Å²) in [5.74, 6) is 1.54. The van der Waals surface area contributed by atoms with E-state index in [1.807, 2.05) is 12.1 Å². The van der Waals surface area contributed by atoms with E-state index < -0.39 is 0 Å². The molecule has 0 radical (unpaired) electrons. The van der Waals surface area contributed by atoms with Crippen LogP contribution in [0.3, 0.4) is 0 Å². The predicted octanol–water partition coefficient (Wildman–Crippen LogP) is 2.02. The van der Waals surface area contributed by atoms with Crippen LogP contribution in [0.25, 0.3) is 0 Å². The number of aromatic nitrogens is 1. The van der Waals surface area contributed by atoms with E-state index in [0.717, 1.165) is 25.3 Å². The third-order valence-corrected chi connectivity index (χ3v) is 6.13. The maximum absolute atomic E-state index is 12.4. The van der Waals surface area contributed by atoms with Crippen molar-refractivity contribution in [3.63, 3.8) is 0 Å². The van der Waals surface area contributed by atoms with Crippen LogP contribution in [0.1, 0.15) is 37.7 Å². The van der Waals surface area contributed by atoms with E-state index in [0.29, 0.717) is 12.5 Å². The number of carbonyl (C=O) groups excluding carboxylic acids is 1. The highest BCUT2D eigenvalue weighted by Gasteiger charge is 2.42. The van der Waals surface area contributed by atoms with Gasteiger partial charge in [-0.15, -0.1) is 0 Å². The monoisotopic (exact) mass is 343 g/mol. The van der Waals surface area contributed by atoms with E-state index in [4.69, 9.17) is 4.74 Å². The van der Waals surface area contributed by atoms with Crippen LogP contribution in [0.5, 0.6) is 0 Å². The Hall–Kier alpha value is -1.46. The van der Waals surface area contributed by atoms with Gasteiger partial charge in [0, 0.05) is 32.0 Å². The molecular formula is C20H29N3O2. The minimum absolute atomic E-state index is 0.0639. The molecule has 1 aromatic heterocycles. The quantitative estimate of drug-likeness (QED) is 0.859. The molecule has 1 aliphatic carbocycles. The zero-order chi connectivity index (χ0) is 17.1. The average molecular weight is 343 g/mol. The lowest BCUT2D eigenvalue weighted by Gasteiger charge is -2.38. The number of ether oxygens (including phenoxy) is 1. The zero-order valence-electron chi connectivity index (χ0n) is 14.9. The van der Waals surface area contributed by atoms with Gasteiger partial charge in [0.2, 0.25) is 5.91 Å². The Morgan fingerprint density at radius 1 is 1.28 bits per heavy atom. The van der Waals surface area contributed by atoms with Crippen molar-refractivity contribution in [2.45, 2.75) is 50.7 Å². The lowest BCUT2D eigenvalue weighted by Crippen LogP contribution is -2.45. The maximum atomic E-state index is 12.4. The molecule has 2 aliphatic heterocycles. The normalized spacial score (nSPS) is 29.8. The number of carbonyl (C=O) groups is 1. The fourth-order valence-corrected chi connectivity index (χ4v) is 4.36. The van der Waals surface area contributed by atoms with E-state index >= 15 is 0 Å². The lowest BCUT2D eigenvalue weighted by atomic mass is 9.84. The molecule has 3 atom stereocenters. The van der Waals surface area contributed by atoms with Crippen molar-refractivity contribution in [1.82, 2.24) is 15.2 Å². The number of piperidine rings is 1. The fraction of sp³-hybridized carbons (Fsp3) is 0.700. The molecule has 4 rings (SSSR count). The summed E-state index contributed by atoms with van der Waals surface area (Å²) in [6, 6.07) is 3.98. The Morgan fingerprint density at radius 2 is 2.12 bits per heavy atom. The highest BCUT2D eigenvalue weighted by molar-refractivity contribution is 5.81. The number of fused-ring (bicyclic) bond motifs is 1. The molecule has 1 aromatic rings. The lowest BCUT2D eigenvalue weighted by molar-refractivity contribution is -0.132. The maximum Gasteiger partial charge on any atom is 0.249 e. The molecule has 2 saturated heterocycles. The summed E-state index contributed by atoms with van der Waals surface area (Å²) >= 11 is 0. The van der Waals surface area contributed by atoms with E-state index in [2.05, 4.69) is 15.2 Å². The molecular weight excluding hydrogens is 314 g/mol. The first-order valence-corrected chi connectivity index (χ1v) is 9.82. The van der Waals surface area contributed by atoms with Crippen molar-refractivity contribution in [3.8, 4) is 0 Å². The molecule has 25 heavy (non-hydrogen) atoms. The van der Waals surface area contributed by atoms with Crippen LogP contribution in [0.2, 0.25) is 0 Å². The SMILES string of the molecule is O=C(NCCc1ccncc1)[C@H]1C[C@@H]2CCN(CC3CCC3)C[C@H]2O1. The Balaban J connectivity index is 1.21. The van der Waals surface area contributed by atoms with Crippen molar-refractivity contribution < 1.29 is 9.53 Å². The van der Waals surface area contributed by atoms with E-state index in [1.165, 1.54) is 44.3 Å². The molecule has 5 heteroatoms. The van der Waals surface area contributed by atoms with Gasteiger partial charge in [-0.1, -0.05) is 6.42 Å². The summed E-state index contributed by atoms with van der Waals surface area (Å²) in [4.78, 5) is 19.0. The zero-order valence-corrected chi connectivity index (χ0v) is 14.9. The molecule has 3 fully saturated rings. The smallest absolute Gasteiger partial charge is 0.249 e. The van der Waals surface area contributed by atoms with Gasteiger partial charge in [-0.25, -0.2) is 0 Å². The van der Waals surface area contributed by atoms with Gasteiger partial charge in [-0.05, 0) is 68.2 Å². The van der Waals surface area contributed by atoms with Crippen molar-refractivity contribution in [2.75, 3.05) is 26.2 Å². The van der Waals surface area contributed by atoms with Crippen molar-refractivity contribution >= 4 is 5.91 Å². The first-order valence-electron chi connectivity index (χ1n) is 9.82. The number of nitrogens with one attached hydrogen (secondary N) is 1. The molecule has 3 aliphatic rings. The molecule has 0 bridgehead atoms. The number of hydrogen-bond acceptors (Lipinski definition) is 4. The van der Waals surface area contributed by atoms with Crippen LogP contribution >= 0.6 is 0 Å². The topological polar surface area (TPSA) is 54.5 Å². The number of rotatable bonds is 6. The molecule has 0 spiro atoms. The average Bonchev–Trinajstić information content (AvgIpc) is 3.02. The largest absolute Gasteiger partial charge is 0.364 e. The second-order valence-corrected chi connectivity index (χ2v) is 7.90. The second-order valence-electron chi connectivity index (χ2n) is 7.90. The van der Waals surface area contributed by atoms with Crippen LogP contribution in [0.15, 0.2) is 24.5 Å². The predicted molar refractivity (Wildman–Crippen MR) is 96.1 cm³/mol. The first kappa shape index (κ1) is 17.0. The van der Waals surface area contributed by atoms with Crippen molar-refractivity contribution in [1.29, 1.82) is 0 Å². The van der Waals surface area contributed by atoms with Crippen LogP contribution in [-0.2, 0) is 16.0 Å². The molecule has 0 aromatic carbocycles. The van der Waals surface area contributed by atoms with Gasteiger partial charge in [0.15, 0.2) is 0 Å². The van der Waals surface area contributed by atoms with Crippen LogP contribution < -0.4 is 5.32 Å². The van der Waals surface area contributed by atoms with Crippen molar-refractivity contribution in [3.05, 3.63) is 30.1 Å². The summed E-state index contributed by atoms with van der Waals surface area (Å²) in [5.41, 5.74) is 1.20. The molecule has 136 valence electrons. The summed E-state index contributed by atoms with van der Waals surface area (Å²) in [6.07, 6.45) is 10.7. The van der Waals surface area contributed by atoms with E-state index in [1.54, 1.807) is 12.4 Å². The highest BCUT2D eigenvalue weighted by atomic mass is 16.5. The van der Waals surface area contributed by atoms with Gasteiger partial charge in [-0.2, -0.15) is 0 Å². The molecule has 3 heterocycles. The van der Waals surface area contributed by atoms with Gasteiger partial charge in [-0.3, -0.25) is 9.78 Å². The van der Waals surface area contributed by atoms with Gasteiger partial charge >= 0.3 is 0 Å². The van der Waals surface area contributed by atoms with Gasteiger partial charge < -0.3 is 15.0 Å². The Labute approximate surface area is 150 Å². The minimum atomic E-state index is -0.254. The van der Waals surface area contributed by atoms with Crippen LogP contribution in [0, 0.1) is 11.8 Å². The highest BCUT2D eigenvalue weighted by Crippen LogP contribution is 2.35. The van der Waals surface area contributed by atoms with E-state index in [9.17, 15) is 4.79 Å². The Morgan fingerprint density at radius 3 is 2.88 bits per heavy atom. The van der Waals surface area contributed by atoms with Gasteiger partial charge in [0.05, 0.1) is 6.10 Å². The number of nitrogens with zero attached hydrogens (tertiary/aromatic N) is 2. The van der Waals surface area contributed by atoms with Crippen LogP contribution in [0.4, 0.5) is 0 Å². The summed E-state index contributed by atoms with van der Waals surface area (Å²) in [5, 5.41) is 3.05. The van der Waals surface area contributed by atoms with Crippen LogP contribution in [-0.4, -0.2) is 54.2 Å². The minimum Gasteiger partial charge on any atom is -0.364 e. The first-order chi connectivity index (χ1) is 12.3. The Kier molecular flexibility index (Phi) is 5.32. The van der Waals surface area contributed by atoms with Crippen molar-refractivity contribution in [2.24, 2.45) is 11.8 Å². The summed E-state index contributed by atoms with van der Waals surface area (Å²) in [7, 11) is 0. The third-order valence-electron chi connectivity index (χ3n) is 6.13. The second kappa shape index (κ2) is 7.83. The summed E-state index contributed by atoms with van der Waals surface area (Å²) in [6.45, 7) is 4.08. The molecule has 0 unspecified atom stereocenters. The summed E-state index contributed by atoms with van der Waals surface area (Å²) < 4.78 is 6.13. The van der Waals surface area contributed by atoms with E-state index in [-0.39, 0.29) is 18.1 Å². The van der Waals surface area contributed by atoms with Gasteiger partial charge in [0.25, 0.3) is 0 Å². The number of hydrogen-bond donors (Lipinski definition) is 1.